The van der Waals surface area contributed by atoms with Gasteiger partial charge in [0.1, 0.15) is 5.75 Å². The van der Waals surface area contributed by atoms with Gasteiger partial charge in [-0.05, 0) is 24.3 Å². The summed E-state index contributed by atoms with van der Waals surface area (Å²) in [7, 11) is 0. The molecule has 2 aromatic carbocycles. The van der Waals surface area contributed by atoms with Crippen molar-refractivity contribution >= 4 is 29.0 Å². The number of carbonyl (C=O) groups is 2. The molecule has 0 fully saturated rings. The molecule has 0 unspecified atom stereocenters. The van der Waals surface area contributed by atoms with Crippen molar-refractivity contribution < 1.29 is 14.7 Å². The molecule has 0 aliphatic carbocycles. The number of azo groups is 1. The average molecular weight is 337 g/mol. The van der Waals surface area contributed by atoms with Crippen LogP contribution in [0, 0.1) is 0 Å². The Hall–Kier alpha value is -3.55. The van der Waals surface area contributed by atoms with E-state index in [0.717, 1.165) is 0 Å². The number of amidine groups is 1. The van der Waals surface area contributed by atoms with Gasteiger partial charge in [-0.2, -0.15) is 15.2 Å². The van der Waals surface area contributed by atoms with Gasteiger partial charge < -0.3 is 10.4 Å². The Kier molecular flexibility index (Phi) is 4.51. The van der Waals surface area contributed by atoms with Crippen LogP contribution in [0.15, 0.2) is 69.9 Å². The maximum Gasteiger partial charge on any atom is 0.282 e. The lowest BCUT2D eigenvalue weighted by atomic mass is 10.2. The minimum atomic E-state index is -1.06. The van der Waals surface area contributed by atoms with E-state index in [4.69, 9.17) is 0 Å². The van der Waals surface area contributed by atoms with E-state index >= 15 is 0 Å². The number of amides is 2. The van der Waals surface area contributed by atoms with E-state index in [1.165, 1.54) is 24.1 Å². The molecule has 0 saturated carbocycles. The highest BCUT2D eigenvalue weighted by molar-refractivity contribution is 6.21. The van der Waals surface area contributed by atoms with Crippen molar-refractivity contribution in [2.45, 2.75) is 13.0 Å². The van der Waals surface area contributed by atoms with Crippen molar-refractivity contribution in [3.63, 3.8) is 0 Å². The van der Waals surface area contributed by atoms with E-state index in [9.17, 15) is 14.7 Å². The highest BCUT2D eigenvalue weighted by Gasteiger charge is 2.37. The summed E-state index contributed by atoms with van der Waals surface area (Å²) in [6.45, 7) is 1.32. The zero-order chi connectivity index (χ0) is 17.8. The zero-order valence-electron chi connectivity index (χ0n) is 13.3. The SMILES string of the molecule is CC(=O)NC1=NN(c2ccccc2)C(=O)[C@@H]1N=Nc1cccc(O)c1. The number of benzene rings is 2. The van der Waals surface area contributed by atoms with Crippen molar-refractivity contribution in [2.75, 3.05) is 5.01 Å². The summed E-state index contributed by atoms with van der Waals surface area (Å²) in [5.41, 5.74) is 0.943. The van der Waals surface area contributed by atoms with Gasteiger partial charge in [0.25, 0.3) is 5.91 Å². The van der Waals surface area contributed by atoms with Gasteiger partial charge in [0, 0.05) is 13.0 Å². The number of aromatic hydroxyl groups is 1. The first kappa shape index (κ1) is 16.3. The third-order valence-corrected chi connectivity index (χ3v) is 3.33. The molecule has 0 spiro atoms. The van der Waals surface area contributed by atoms with Crippen LogP contribution in [0.1, 0.15) is 6.92 Å². The number of nitrogens with zero attached hydrogens (tertiary/aromatic N) is 4. The second-order valence-electron chi connectivity index (χ2n) is 5.29. The number of carbonyl (C=O) groups excluding carboxylic acids is 2. The van der Waals surface area contributed by atoms with Crippen LogP contribution in [0.25, 0.3) is 0 Å². The number of hydrogen-bond donors (Lipinski definition) is 2. The van der Waals surface area contributed by atoms with Crippen LogP contribution < -0.4 is 10.3 Å². The predicted octanol–water partition coefficient (Wildman–Crippen LogP) is 2.34. The van der Waals surface area contributed by atoms with Gasteiger partial charge in [-0.25, -0.2) is 0 Å². The number of phenols is 1. The summed E-state index contributed by atoms with van der Waals surface area (Å²) >= 11 is 0. The van der Waals surface area contributed by atoms with Crippen molar-refractivity contribution in [1.29, 1.82) is 0 Å². The zero-order valence-corrected chi connectivity index (χ0v) is 13.3. The van der Waals surface area contributed by atoms with Crippen LogP contribution in [0.2, 0.25) is 0 Å². The number of para-hydroxylation sites is 1. The Bertz CT molecular complexity index is 864. The summed E-state index contributed by atoms with van der Waals surface area (Å²) in [5.74, 6) is -0.654. The molecular formula is C17H15N5O3. The van der Waals surface area contributed by atoms with Gasteiger partial charge in [0.2, 0.25) is 11.9 Å². The van der Waals surface area contributed by atoms with Crippen LogP contribution >= 0.6 is 0 Å². The summed E-state index contributed by atoms with van der Waals surface area (Å²) in [6, 6.07) is 13.9. The van der Waals surface area contributed by atoms with E-state index < -0.39 is 11.9 Å². The molecule has 126 valence electrons. The molecule has 1 aliphatic heterocycles. The number of phenolic OH excluding ortho intramolecular Hbond substituents is 1. The normalized spacial score (nSPS) is 17.0. The van der Waals surface area contributed by atoms with E-state index in [0.29, 0.717) is 11.4 Å². The summed E-state index contributed by atoms with van der Waals surface area (Å²) in [6.07, 6.45) is 0. The maximum atomic E-state index is 12.6. The van der Waals surface area contributed by atoms with Crippen molar-refractivity contribution in [3.05, 3.63) is 54.6 Å². The van der Waals surface area contributed by atoms with Crippen LogP contribution in [-0.2, 0) is 9.59 Å². The molecule has 8 nitrogen and oxygen atoms in total. The second kappa shape index (κ2) is 6.91. The Morgan fingerprint density at radius 3 is 2.64 bits per heavy atom. The van der Waals surface area contributed by atoms with Crippen LogP contribution in [0.3, 0.4) is 0 Å². The van der Waals surface area contributed by atoms with Crippen LogP contribution in [0.5, 0.6) is 5.75 Å². The Morgan fingerprint density at radius 1 is 1.20 bits per heavy atom. The quantitative estimate of drug-likeness (QED) is 0.839. The molecule has 1 aliphatic rings. The minimum Gasteiger partial charge on any atom is -0.508 e. The third-order valence-electron chi connectivity index (χ3n) is 3.33. The van der Waals surface area contributed by atoms with E-state index in [1.807, 2.05) is 6.07 Å². The van der Waals surface area contributed by atoms with Gasteiger partial charge >= 0.3 is 0 Å². The van der Waals surface area contributed by atoms with Crippen molar-refractivity contribution in [1.82, 2.24) is 5.32 Å². The standard InChI is InChI=1S/C17H15N5O3/c1-11(23)18-16-15(20-19-12-6-5-9-14(24)10-12)17(25)22(21-16)13-7-3-2-4-8-13/h2-10,15,24H,1H3,(H,18,21,23)/t15-/m1/s1. The van der Waals surface area contributed by atoms with Gasteiger partial charge in [-0.1, -0.05) is 24.3 Å². The first-order valence-corrected chi connectivity index (χ1v) is 7.49. The molecular weight excluding hydrogens is 322 g/mol. The molecule has 0 aromatic heterocycles. The van der Waals surface area contributed by atoms with Gasteiger partial charge in [-0.3, -0.25) is 9.59 Å². The van der Waals surface area contributed by atoms with Crippen molar-refractivity contribution in [2.24, 2.45) is 15.3 Å². The molecule has 25 heavy (non-hydrogen) atoms. The Balaban J connectivity index is 1.90. The molecule has 1 heterocycles. The number of hydrogen-bond acceptors (Lipinski definition) is 6. The lowest BCUT2D eigenvalue weighted by Crippen LogP contribution is -2.38. The molecule has 0 radical (unpaired) electrons. The lowest BCUT2D eigenvalue weighted by molar-refractivity contribution is -0.117. The molecule has 0 saturated heterocycles. The number of hydrazone groups is 1. The average Bonchev–Trinajstić information content (AvgIpc) is 2.89. The fraction of sp³-hybridized carbons (Fsp3) is 0.118. The largest absolute Gasteiger partial charge is 0.508 e. The molecule has 8 heteroatoms. The first-order valence-electron chi connectivity index (χ1n) is 7.49. The topological polar surface area (TPSA) is 107 Å². The second-order valence-corrected chi connectivity index (χ2v) is 5.29. The van der Waals surface area contributed by atoms with Gasteiger partial charge in [-0.15, -0.1) is 5.10 Å². The number of rotatable bonds is 3. The highest BCUT2D eigenvalue weighted by atomic mass is 16.3. The van der Waals surface area contributed by atoms with E-state index in [1.54, 1.807) is 36.4 Å². The monoisotopic (exact) mass is 337 g/mol. The first-order chi connectivity index (χ1) is 12.0. The van der Waals surface area contributed by atoms with Crippen LogP contribution in [-0.4, -0.2) is 28.8 Å². The highest BCUT2D eigenvalue weighted by Crippen LogP contribution is 2.23. The fourth-order valence-corrected chi connectivity index (χ4v) is 2.26. The predicted molar refractivity (Wildman–Crippen MR) is 91.6 cm³/mol. The Morgan fingerprint density at radius 2 is 1.96 bits per heavy atom. The summed E-state index contributed by atoms with van der Waals surface area (Å²) < 4.78 is 0. The Labute approximate surface area is 143 Å². The summed E-state index contributed by atoms with van der Waals surface area (Å²) in [5, 5.41) is 25.3. The smallest absolute Gasteiger partial charge is 0.282 e. The number of nitrogens with one attached hydrogen (secondary N) is 1. The van der Waals surface area contributed by atoms with E-state index in [2.05, 4.69) is 20.6 Å². The maximum absolute atomic E-state index is 12.6. The number of anilines is 1. The minimum absolute atomic E-state index is 0.0378. The third kappa shape index (κ3) is 3.69. The van der Waals surface area contributed by atoms with Gasteiger partial charge in [0.05, 0.1) is 11.4 Å². The molecule has 2 N–H and O–H groups in total. The molecule has 1 atom stereocenters. The molecule has 3 rings (SSSR count). The molecule has 2 amide bonds. The molecule has 2 aromatic rings. The van der Waals surface area contributed by atoms with Crippen molar-refractivity contribution in [3.8, 4) is 5.75 Å². The fourth-order valence-electron chi connectivity index (χ4n) is 2.26. The van der Waals surface area contributed by atoms with Gasteiger partial charge in [0.15, 0.2) is 5.84 Å². The summed E-state index contributed by atoms with van der Waals surface area (Å²) in [4.78, 5) is 24.0. The van der Waals surface area contributed by atoms with Crippen LogP contribution in [0.4, 0.5) is 11.4 Å². The lowest BCUT2D eigenvalue weighted by Gasteiger charge is -2.11. The van der Waals surface area contributed by atoms with E-state index in [-0.39, 0.29) is 17.5 Å². The molecule has 0 bridgehead atoms.